The lowest BCUT2D eigenvalue weighted by molar-refractivity contribution is 0.177. The van der Waals surface area contributed by atoms with Crippen molar-refractivity contribution in [1.29, 1.82) is 0 Å². The second kappa shape index (κ2) is 5.75. The van der Waals surface area contributed by atoms with E-state index in [9.17, 15) is 18.3 Å². The van der Waals surface area contributed by atoms with E-state index in [2.05, 4.69) is 15.9 Å². The molecule has 0 aliphatic rings. The molecule has 2 aromatic rings. The molecule has 0 aromatic heterocycles. The van der Waals surface area contributed by atoms with Crippen LogP contribution in [-0.2, 0) is 6.42 Å². The second-order valence-electron chi connectivity index (χ2n) is 4.16. The summed E-state index contributed by atoms with van der Waals surface area (Å²) in [6.45, 7) is 0. The minimum Gasteiger partial charge on any atom is -0.388 e. The monoisotopic (exact) mass is 330 g/mol. The highest BCUT2D eigenvalue weighted by Crippen LogP contribution is 2.25. The molecule has 0 saturated heterocycles. The Hall–Kier alpha value is -1.33. The highest BCUT2D eigenvalue weighted by molar-refractivity contribution is 9.10. The van der Waals surface area contributed by atoms with Gasteiger partial charge in [-0.1, -0.05) is 22.0 Å². The maximum Gasteiger partial charge on any atom is 0.126 e. The average molecular weight is 331 g/mol. The topological polar surface area (TPSA) is 20.2 Å². The first kappa shape index (κ1) is 14.1. The van der Waals surface area contributed by atoms with E-state index in [-0.39, 0.29) is 12.0 Å². The third-order valence-electron chi connectivity index (χ3n) is 2.70. The van der Waals surface area contributed by atoms with Crippen LogP contribution in [0.2, 0.25) is 0 Å². The van der Waals surface area contributed by atoms with Crippen LogP contribution in [0.15, 0.2) is 40.9 Å². The number of hydrogen-bond acceptors (Lipinski definition) is 1. The van der Waals surface area contributed by atoms with Crippen molar-refractivity contribution in [2.24, 2.45) is 0 Å². The summed E-state index contributed by atoms with van der Waals surface area (Å²) in [4.78, 5) is 0. The number of hydrogen-bond donors (Lipinski definition) is 1. The fourth-order valence-corrected chi connectivity index (χ4v) is 2.29. The van der Waals surface area contributed by atoms with Crippen molar-refractivity contribution in [3.8, 4) is 0 Å². The van der Waals surface area contributed by atoms with Gasteiger partial charge in [-0.2, -0.15) is 0 Å². The lowest BCUT2D eigenvalue weighted by Crippen LogP contribution is -2.04. The fraction of sp³-hybridized carbons (Fsp3) is 0.143. The van der Waals surface area contributed by atoms with Gasteiger partial charge in [-0.3, -0.25) is 0 Å². The third kappa shape index (κ3) is 3.58. The average Bonchev–Trinajstić information content (AvgIpc) is 2.31. The molecular formula is C14H10BrF3O. The van der Waals surface area contributed by atoms with E-state index in [0.717, 1.165) is 18.2 Å². The summed E-state index contributed by atoms with van der Waals surface area (Å²) in [6.07, 6.45) is -0.934. The summed E-state index contributed by atoms with van der Waals surface area (Å²) in [5.41, 5.74) is 0.798. The zero-order valence-corrected chi connectivity index (χ0v) is 11.3. The van der Waals surface area contributed by atoms with E-state index >= 15 is 0 Å². The van der Waals surface area contributed by atoms with Crippen LogP contribution < -0.4 is 0 Å². The molecule has 0 spiro atoms. The molecule has 2 aromatic carbocycles. The maximum atomic E-state index is 13.0. The molecule has 0 heterocycles. The van der Waals surface area contributed by atoms with Crippen molar-refractivity contribution in [2.75, 3.05) is 0 Å². The zero-order valence-electron chi connectivity index (χ0n) is 9.71. The summed E-state index contributed by atoms with van der Waals surface area (Å²) in [7, 11) is 0. The normalized spacial score (nSPS) is 12.5. The van der Waals surface area contributed by atoms with Gasteiger partial charge in [0.1, 0.15) is 17.5 Å². The van der Waals surface area contributed by atoms with Gasteiger partial charge in [0, 0.05) is 17.0 Å². The molecule has 100 valence electrons. The molecule has 1 unspecified atom stereocenters. The van der Waals surface area contributed by atoms with Crippen LogP contribution >= 0.6 is 15.9 Å². The van der Waals surface area contributed by atoms with Crippen molar-refractivity contribution in [1.82, 2.24) is 0 Å². The number of benzene rings is 2. The SMILES string of the molecule is OC(Cc1ccc(F)cc1Br)c1cc(F)cc(F)c1. The predicted molar refractivity (Wildman–Crippen MR) is 69.1 cm³/mol. The van der Waals surface area contributed by atoms with Crippen LogP contribution in [0.1, 0.15) is 17.2 Å². The largest absolute Gasteiger partial charge is 0.388 e. The first-order valence-corrected chi connectivity index (χ1v) is 6.33. The molecule has 0 fully saturated rings. The molecule has 0 amide bonds. The Kier molecular flexibility index (Phi) is 4.27. The Morgan fingerprint density at radius 1 is 0.947 bits per heavy atom. The molecule has 0 aliphatic carbocycles. The zero-order chi connectivity index (χ0) is 14.0. The smallest absolute Gasteiger partial charge is 0.126 e. The Morgan fingerprint density at radius 2 is 1.58 bits per heavy atom. The van der Waals surface area contributed by atoms with Gasteiger partial charge in [0.15, 0.2) is 0 Å². The minimum atomic E-state index is -1.06. The highest BCUT2D eigenvalue weighted by atomic mass is 79.9. The van der Waals surface area contributed by atoms with Gasteiger partial charge >= 0.3 is 0 Å². The maximum absolute atomic E-state index is 13.0. The van der Waals surface area contributed by atoms with Crippen LogP contribution in [0.5, 0.6) is 0 Å². The summed E-state index contributed by atoms with van der Waals surface area (Å²) in [5.74, 6) is -1.89. The van der Waals surface area contributed by atoms with Crippen LogP contribution in [0, 0.1) is 17.5 Å². The number of halogens is 4. The van der Waals surface area contributed by atoms with Crippen LogP contribution in [0.4, 0.5) is 13.2 Å². The van der Waals surface area contributed by atoms with E-state index in [4.69, 9.17) is 0 Å². The van der Waals surface area contributed by atoms with Gasteiger partial charge in [0.05, 0.1) is 6.10 Å². The Morgan fingerprint density at radius 3 is 2.16 bits per heavy atom. The van der Waals surface area contributed by atoms with Gasteiger partial charge in [0.2, 0.25) is 0 Å². The fourth-order valence-electron chi connectivity index (χ4n) is 1.78. The Bertz CT molecular complexity index is 581. The van der Waals surface area contributed by atoms with E-state index in [1.165, 1.54) is 18.2 Å². The molecule has 5 heteroatoms. The van der Waals surface area contributed by atoms with Crippen molar-refractivity contribution in [3.05, 3.63) is 69.4 Å². The summed E-state index contributed by atoms with van der Waals surface area (Å²) in [6, 6.07) is 6.94. The van der Waals surface area contributed by atoms with Gasteiger partial charge in [-0.15, -0.1) is 0 Å². The summed E-state index contributed by atoms with van der Waals surface area (Å²) in [5, 5.41) is 9.97. The van der Waals surface area contributed by atoms with Gasteiger partial charge in [-0.05, 0) is 35.4 Å². The van der Waals surface area contributed by atoms with Crippen LogP contribution in [0.3, 0.4) is 0 Å². The quantitative estimate of drug-likeness (QED) is 0.896. The molecule has 1 atom stereocenters. The van der Waals surface area contributed by atoms with Crippen molar-refractivity contribution in [2.45, 2.75) is 12.5 Å². The third-order valence-corrected chi connectivity index (χ3v) is 3.44. The molecule has 2 rings (SSSR count). The number of rotatable bonds is 3. The molecular weight excluding hydrogens is 321 g/mol. The van der Waals surface area contributed by atoms with Gasteiger partial charge < -0.3 is 5.11 Å². The highest BCUT2D eigenvalue weighted by Gasteiger charge is 2.13. The van der Waals surface area contributed by atoms with Crippen molar-refractivity contribution in [3.63, 3.8) is 0 Å². The van der Waals surface area contributed by atoms with E-state index in [1.807, 2.05) is 0 Å². The molecule has 1 nitrogen and oxygen atoms in total. The first-order valence-electron chi connectivity index (χ1n) is 5.53. The van der Waals surface area contributed by atoms with E-state index in [0.29, 0.717) is 10.0 Å². The number of aliphatic hydroxyl groups excluding tert-OH is 1. The van der Waals surface area contributed by atoms with Crippen molar-refractivity contribution < 1.29 is 18.3 Å². The van der Waals surface area contributed by atoms with E-state index < -0.39 is 23.6 Å². The lowest BCUT2D eigenvalue weighted by Gasteiger charge is -2.12. The first-order chi connectivity index (χ1) is 8.95. The second-order valence-corrected chi connectivity index (χ2v) is 5.01. The van der Waals surface area contributed by atoms with Crippen molar-refractivity contribution >= 4 is 15.9 Å². The molecule has 0 aliphatic heterocycles. The molecule has 0 bridgehead atoms. The summed E-state index contributed by atoms with van der Waals surface area (Å²) < 4.78 is 39.5. The predicted octanol–water partition coefficient (Wildman–Crippen LogP) is 4.14. The standard InChI is InChI=1S/C14H10BrF3O/c15-13-7-10(16)2-1-8(13)5-14(19)9-3-11(17)6-12(18)4-9/h1-4,6-7,14,19H,5H2. The van der Waals surface area contributed by atoms with Crippen LogP contribution in [0.25, 0.3) is 0 Å². The van der Waals surface area contributed by atoms with Gasteiger partial charge in [-0.25, -0.2) is 13.2 Å². The van der Waals surface area contributed by atoms with E-state index in [1.54, 1.807) is 0 Å². The Balaban J connectivity index is 2.22. The molecule has 19 heavy (non-hydrogen) atoms. The molecule has 0 saturated carbocycles. The minimum absolute atomic E-state index is 0.129. The Labute approximate surface area is 116 Å². The summed E-state index contributed by atoms with van der Waals surface area (Å²) >= 11 is 3.18. The van der Waals surface area contributed by atoms with Gasteiger partial charge in [0.25, 0.3) is 0 Å². The van der Waals surface area contributed by atoms with Crippen LogP contribution in [-0.4, -0.2) is 5.11 Å². The lowest BCUT2D eigenvalue weighted by atomic mass is 10.0. The molecule has 0 radical (unpaired) electrons. The number of aliphatic hydroxyl groups is 1. The molecule has 1 N–H and O–H groups in total.